The SMILES string of the molecule is CCCCOCCOCCOCCOCCOCCOCCOCCOCCOC(=O)CCCCC(=O)O. The lowest BCUT2D eigenvalue weighted by Crippen LogP contribution is -2.15. The Morgan fingerprint density at radius 3 is 1.11 bits per heavy atom. The minimum atomic E-state index is -0.859. The van der Waals surface area contributed by atoms with Crippen molar-refractivity contribution in [2.45, 2.75) is 45.4 Å². The minimum Gasteiger partial charge on any atom is -0.481 e. The maximum Gasteiger partial charge on any atom is 0.305 e. The van der Waals surface area contributed by atoms with E-state index in [0.717, 1.165) is 19.4 Å². The quantitative estimate of drug-likeness (QED) is 0.0963. The number of carbonyl (C=O) groups excluding carboxylic acids is 1. The normalized spacial score (nSPS) is 11.2. The van der Waals surface area contributed by atoms with E-state index in [1.54, 1.807) is 0 Å². The molecule has 0 radical (unpaired) electrons. The highest BCUT2D eigenvalue weighted by atomic mass is 16.6. The third kappa shape index (κ3) is 32.6. The van der Waals surface area contributed by atoms with Gasteiger partial charge in [-0.05, 0) is 19.3 Å². The van der Waals surface area contributed by atoms with Gasteiger partial charge < -0.3 is 47.7 Å². The molecule has 0 saturated heterocycles. The van der Waals surface area contributed by atoms with Crippen LogP contribution in [0.25, 0.3) is 0 Å². The molecule has 1 N–H and O–H groups in total. The summed E-state index contributed by atoms with van der Waals surface area (Å²) in [6, 6.07) is 0. The van der Waals surface area contributed by atoms with Crippen molar-refractivity contribution in [3.05, 3.63) is 0 Å². The number of carboxylic acids is 1. The van der Waals surface area contributed by atoms with E-state index in [9.17, 15) is 9.59 Å². The predicted molar refractivity (Wildman–Crippen MR) is 139 cm³/mol. The molecule has 12 heteroatoms. The van der Waals surface area contributed by atoms with Crippen molar-refractivity contribution in [3.8, 4) is 0 Å². The summed E-state index contributed by atoms with van der Waals surface area (Å²) in [7, 11) is 0. The molecule has 0 unspecified atom stereocenters. The summed E-state index contributed by atoms with van der Waals surface area (Å²) in [5.41, 5.74) is 0. The lowest BCUT2D eigenvalue weighted by Gasteiger charge is -2.09. The molecule has 0 heterocycles. The zero-order chi connectivity index (χ0) is 27.8. The zero-order valence-corrected chi connectivity index (χ0v) is 23.2. The molecule has 0 aliphatic carbocycles. The van der Waals surface area contributed by atoms with Gasteiger partial charge in [-0.1, -0.05) is 13.3 Å². The largest absolute Gasteiger partial charge is 0.481 e. The van der Waals surface area contributed by atoms with Gasteiger partial charge in [0.2, 0.25) is 0 Å². The second-order valence-electron chi connectivity index (χ2n) is 8.07. The Bertz CT molecular complexity index is 507. The van der Waals surface area contributed by atoms with Gasteiger partial charge >= 0.3 is 11.9 Å². The molecule has 38 heavy (non-hydrogen) atoms. The Hall–Kier alpha value is -1.38. The Morgan fingerprint density at radius 2 is 0.763 bits per heavy atom. The molecule has 0 atom stereocenters. The lowest BCUT2D eigenvalue weighted by molar-refractivity contribution is -0.146. The van der Waals surface area contributed by atoms with Crippen LogP contribution in [-0.2, 0) is 52.2 Å². The average Bonchev–Trinajstić information content (AvgIpc) is 2.90. The van der Waals surface area contributed by atoms with Gasteiger partial charge in [0.1, 0.15) is 6.61 Å². The van der Waals surface area contributed by atoms with Gasteiger partial charge in [-0.3, -0.25) is 9.59 Å². The number of rotatable bonds is 32. The van der Waals surface area contributed by atoms with Gasteiger partial charge in [0.05, 0.1) is 99.1 Å². The third-order valence-electron chi connectivity index (χ3n) is 4.76. The molecule has 0 aliphatic heterocycles. The number of ether oxygens (including phenoxy) is 9. The molecule has 0 spiro atoms. The van der Waals surface area contributed by atoms with Crippen LogP contribution >= 0.6 is 0 Å². The summed E-state index contributed by atoms with van der Waals surface area (Å²) in [4.78, 5) is 21.8. The van der Waals surface area contributed by atoms with E-state index >= 15 is 0 Å². The van der Waals surface area contributed by atoms with Crippen molar-refractivity contribution in [2.24, 2.45) is 0 Å². The first kappa shape index (κ1) is 36.6. The molecule has 12 nitrogen and oxygen atoms in total. The molecule has 0 amide bonds. The average molecular weight is 555 g/mol. The van der Waals surface area contributed by atoms with Gasteiger partial charge in [0.15, 0.2) is 0 Å². The Balaban J connectivity index is 3.09. The topological polar surface area (TPSA) is 137 Å². The van der Waals surface area contributed by atoms with E-state index in [1.165, 1.54) is 0 Å². The highest BCUT2D eigenvalue weighted by Crippen LogP contribution is 2.01. The fourth-order valence-corrected chi connectivity index (χ4v) is 2.72. The maximum atomic E-state index is 11.4. The van der Waals surface area contributed by atoms with Crippen molar-refractivity contribution in [1.29, 1.82) is 0 Å². The molecule has 0 aliphatic rings. The molecular formula is C26H50O12. The monoisotopic (exact) mass is 554 g/mol. The molecular weight excluding hydrogens is 504 g/mol. The van der Waals surface area contributed by atoms with E-state index in [2.05, 4.69) is 6.92 Å². The highest BCUT2D eigenvalue weighted by Gasteiger charge is 2.04. The van der Waals surface area contributed by atoms with Crippen molar-refractivity contribution in [2.75, 3.05) is 112 Å². The van der Waals surface area contributed by atoms with E-state index in [-0.39, 0.29) is 25.4 Å². The number of esters is 1. The summed E-state index contributed by atoms with van der Waals surface area (Å²) in [6.07, 6.45) is 3.48. The van der Waals surface area contributed by atoms with Crippen LogP contribution < -0.4 is 0 Å². The van der Waals surface area contributed by atoms with Gasteiger partial charge in [0.25, 0.3) is 0 Å². The molecule has 0 aromatic carbocycles. The first-order chi connectivity index (χ1) is 18.7. The number of hydrogen-bond donors (Lipinski definition) is 1. The lowest BCUT2D eigenvalue weighted by atomic mass is 10.2. The van der Waals surface area contributed by atoms with Crippen LogP contribution in [0.1, 0.15) is 45.4 Å². The Kier molecular flexibility index (Phi) is 30.7. The smallest absolute Gasteiger partial charge is 0.305 e. The van der Waals surface area contributed by atoms with Crippen molar-refractivity contribution < 1.29 is 57.3 Å². The van der Waals surface area contributed by atoms with E-state index < -0.39 is 5.97 Å². The zero-order valence-electron chi connectivity index (χ0n) is 23.2. The van der Waals surface area contributed by atoms with Crippen molar-refractivity contribution >= 4 is 11.9 Å². The molecule has 0 aromatic heterocycles. The summed E-state index contributed by atoms with van der Waals surface area (Å²) < 4.78 is 48.2. The third-order valence-corrected chi connectivity index (χ3v) is 4.76. The fraction of sp³-hybridized carbons (Fsp3) is 0.923. The molecule has 0 rings (SSSR count). The van der Waals surface area contributed by atoms with Crippen LogP contribution in [0.3, 0.4) is 0 Å². The maximum absolute atomic E-state index is 11.4. The van der Waals surface area contributed by atoms with E-state index in [0.29, 0.717) is 112 Å². The summed E-state index contributed by atoms with van der Waals surface area (Å²) in [5, 5.41) is 8.53. The Labute approximate surface area is 227 Å². The summed E-state index contributed by atoms with van der Waals surface area (Å²) in [5.74, 6) is -1.20. The first-order valence-electron chi connectivity index (χ1n) is 13.7. The van der Waals surface area contributed by atoms with Gasteiger partial charge in [-0.25, -0.2) is 0 Å². The molecule has 0 aromatic rings. The van der Waals surface area contributed by atoms with Crippen LogP contribution in [0.2, 0.25) is 0 Å². The number of carboxylic acid groups (broad SMARTS) is 1. The molecule has 0 bridgehead atoms. The van der Waals surface area contributed by atoms with Gasteiger partial charge in [0, 0.05) is 19.4 Å². The predicted octanol–water partition coefficient (Wildman–Crippen LogP) is 2.11. The Morgan fingerprint density at radius 1 is 0.447 bits per heavy atom. The van der Waals surface area contributed by atoms with Gasteiger partial charge in [-0.15, -0.1) is 0 Å². The van der Waals surface area contributed by atoms with E-state index in [4.69, 9.17) is 47.7 Å². The number of hydrogen-bond acceptors (Lipinski definition) is 11. The molecule has 226 valence electrons. The van der Waals surface area contributed by atoms with Gasteiger partial charge in [-0.2, -0.15) is 0 Å². The van der Waals surface area contributed by atoms with Crippen molar-refractivity contribution in [3.63, 3.8) is 0 Å². The van der Waals surface area contributed by atoms with Crippen LogP contribution in [-0.4, -0.2) is 129 Å². The van der Waals surface area contributed by atoms with Crippen LogP contribution in [0, 0.1) is 0 Å². The summed E-state index contributed by atoms with van der Waals surface area (Å²) >= 11 is 0. The van der Waals surface area contributed by atoms with Crippen LogP contribution in [0.4, 0.5) is 0 Å². The minimum absolute atomic E-state index is 0.0652. The van der Waals surface area contributed by atoms with Crippen molar-refractivity contribution in [1.82, 2.24) is 0 Å². The number of unbranched alkanes of at least 4 members (excludes halogenated alkanes) is 2. The highest BCUT2D eigenvalue weighted by molar-refractivity contribution is 5.69. The standard InChI is InChI=1S/C26H50O12/c1-2-3-8-30-9-10-31-11-12-32-13-14-33-15-16-34-17-18-35-19-20-36-21-22-37-23-24-38-26(29)7-5-4-6-25(27)28/h2-24H2,1H3,(H,27,28). The van der Waals surface area contributed by atoms with Crippen LogP contribution in [0.15, 0.2) is 0 Å². The second kappa shape index (κ2) is 31.8. The fourth-order valence-electron chi connectivity index (χ4n) is 2.72. The second-order valence-corrected chi connectivity index (χ2v) is 8.07. The van der Waals surface area contributed by atoms with Crippen LogP contribution in [0.5, 0.6) is 0 Å². The van der Waals surface area contributed by atoms with E-state index in [1.807, 2.05) is 0 Å². The first-order valence-corrected chi connectivity index (χ1v) is 13.7. The summed E-state index contributed by atoms with van der Waals surface area (Å²) in [6.45, 7) is 10.5. The number of aliphatic carboxylic acids is 1. The molecule has 0 fully saturated rings. The number of carbonyl (C=O) groups is 2. The molecule has 0 saturated carbocycles.